The lowest BCUT2D eigenvalue weighted by Gasteiger charge is -2.13. The van der Waals surface area contributed by atoms with Gasteiger partial charge in [-0.1, -0.05) is 30.3 Å². The van der Waals surface area contributed by atoms with Crippen LogP contribution < -0.4 is 14.8 Å². The zero-order valence-corrected chi connectivity index (χ0v) is 26.7. The largest absolute Gasteiger partial charge is 0.495 e. The number of aromatic nitrogens is 2. The van der Waals surface area contributed by atoms with Gasteiger partial charge in [0.2, 0.25) is 0 Å². The molecule has 6 aromatic rings. The number of aliphatic imine (C=N–C) groups is 1. The van der Waals surface area contributed by atoms with Crippen LogP contribution in [0.3, 0.4) is 0 Å². The molecule has 1 amide bonds. The molecule has 0 fully saturated rings. The lowest BCUT2D eigenvalue weighted by atomic mass is 10.0. The number of anilines is 2. The minimum absolute atomic E-state index is 0.211. The van der Waals surface area contributed by atoms with Gasteiger partial charge in [-0.15, -0.1) is 22.7 Å². The first-order valence-corrected chi connectivity index (χ1v) is 16.6. The van der Waals surface area contributed by atoms with Crippen molar-refractivity contribution in [3.05, 3.63) is 83.3 Å². The number of rotatable bonds is 9. The third-order valence-corrected chi connectivity index (χ3v) is 10.7. The van der Waals surface area contributed by atoms with E-state index in [9.17, 15) is 13.2 Å². The number of hydrogen-bond acceptors (Lipinski definition) is 8. The molecule has 0 spiro atoms. The van der Waals surface area contributed by atoms with Crippen LogP contribution in [0.2, 0.25) is 0 Å². The van der Waals surface area contributed by atoms with Gasteiger partial charge in [0.1, 0.15) is 15.7 Å². The Morgan fingerprint density at radius 2 is 1.89 bits per heavy atom. The summed E-state index contributed by atoms with van der Waals surface area (Å²) in [5.74, 6) is 0.647. The van der Waals surface area contributed by atoms with E-state index in [1.54, 1.807) is 41.9 Å². The molecule has 13 heteroatoms. The average molecular weight is 645 g/mol. The maximum absolute atomic E-state index is 13.3. The van der Waals surface area contributed by atoms with E-state index in [2.05, 4.69) is 20.0 Å². The number of para-hydroxylation sites is 1. The number of nitrogens with zero attached hydrogens (tertiary/aromatic N) is 4. The fourth-order valence-electron chi connectivity index (χ4n) is 4.85. The first kappa shape index (κ1) is 29.4. The van der Waals surface area contributed by atoms with Gasteiger partial charge in [0.05, 0.1) is 35.7 Å². The number of thiophene rings is 2. The van der Waals surface area contributed by atoms with Crippen LogP contribution in [0.25, 0.3) is 32.1 Å². The molecule has 0 saturated heterocycles. The van der Waals surface area contributed by atoms with Gasteiger partial charge in [-0.05, 0) is 41.3 Å². The molecule has 0 aliphatic carbocycles. The predicted octanol–water partition coefficient (Wildman–Crippen LogP) is 6.80. The van der Waals surface area contributed by atoms with Gasteiger partial charge in [0.15, 0.2) is 5.82 Å². The number of amides is 1. The molecule has 0 aliphatic rings. The molecule has 2 N–H and O–H groups in total. The van der Waals surface area contributed by atoms with Crippen molar-refractivity contribution in [1.82, 2.24) is 14.5 Å². The topological polar surface area (TPSA) is 118 Å². The molecule has 0 bridgehead atoms. The Morgan fingerprint density at radius 3 is 2.61 bits per heavy atom. The average Bonchev–Trinajstić information content (AvgIpc) is 3.77. The van der Waals surface area contributed by atoms with Crippen LogP contribution in [0.4, 0.5) is 17.2 Å². The molecule has 6 rings (SSSR count). The normalized spacial score (nSPS) is 11.8. The Hall–Kier alpha value is -4.72. The fourth-order valence-corrected chi connectivity index (χ4v) is 8.00. The molecule has 2 aromatic carbocycles. The number of carbonyl (C=O) groups is 1. The van der Waals surface area contributed by atoms with Crippen LogP contribution in [-0.2, 0) is 17.1 Å². The summed E-state index contributed by atoms with van der Waals surface area (Å²) >= 11 is 2.53. The Kier molecular flexibility index (Phi) is 7.84. The van der Waals surface area contributed by atoms with Crippen molar-refractivity contribution in [2.75, 3.05) is 31.2 Å². The third-order valence-electron chi connectivity index (χ3n) is 6.94. The molecule has 4 heterocycles. The molecule has 0 atom stereocenters. The zero-order chi connectivity index (χ0) is 31.0. The summed E-state index contributed by atoms with van der Waals surface area (Å²) in [6.07, 6.45) is 3.13. The molecule has 44 heavy (non-hydrogen) atoms. The Bertz CT molecular complexity index is 2150. The van der Waals surface area contributed by atoms with Crippen molar-refractivity contribution >= 4 is 83.1 Å². The van der Waals surface area contributed by atoms with E-state index in [-0.39, 0.29) is 10.1 Å². The highest BCUT2D eigenvalue weighted by molar-refractivity contribution is 7.94. The van der Waals surface area contributed by atoms with Gasteiger partial charge in [-0.25, -0.2) is 18.4 Å². The number of ether oxygens (including phenoxy) is 1. The Morgan fingerprint density at radius 1 is 1.07 bits per heavy atom. The van der Waals surface area contributed by atoms with Crippen LogP contribution >= 0.6 is 22.7 Å². The maximum atomic E-state index is 13.3. The van der Waals surface area contributed by atoms with Gasteiger partial charge in [0.25, 0.3) is 15.9 Å². The van der Waals surface area contributed by atoms with E-state index in [0.29, 0.717) is 38.7 Å². The predicted molar refractivity (Wildman–Crippen MR) is 179 cm³/mol. The number of hydrogen-bond donors (Lipinski definition) is 2. The first-order chi connectivity index (χ1) is 21.2. The van der Waals surface area contributed by atoms with Gasteiger partial charge < -0.3 is 19.5 Å². The zero-order valence-electron chi connectivity index (χ0n) is 24.2. The monoisotopic (exact) mass is 644 g/mol. The molecular formula is C31H28N6O4S3. The molecule has 4 aromatic heterocycles. The SMILES string of the molecule is COc1cc(-c2csc3c(NS(=O)(=O)c4cccs4)cnc(N=CN(C)C)c23)ccc1NC(=O)c1cc2ccccc2n1C. The molecule has 0 aliphatic heterocycles. The Balaban J connectivity index is 1.39. The van der Waals surface area contributed by atoms with E-state index in [4.69, 9.17) is 4.74 Å². The maximum Gasteiger partial charge on any atom is 0.272 e. The highest BCUT2D eigenvalue weighted by Gasteiger charge is 2.22. The van der Waals surface area contributed by atoms with E-state index in [1.165, 1.54) is 17.5 Å². The third kappa shape index (κ3) is 5.52. The highest BCUT2D eigenvalue weighted by atomic mass is 32.2. The second kappa shape index (κ2) is 11.8. The summed E-state index contributed by atoms with van der Waals surface area (Å²) in [6.45, 7) is 0. The summed E-state index contributed by atoms with van der Waals surface area (Å²) in [4.78, 5) is 24.2. The van der Waals surface area contributed by atoms with Crippen LogP contribution in [0.15, 0.2) is 86.8 Å². The Labute approximate surface area is 262 Å². The second-order valence-corrected chi connectivity index (χ2v) is 13.8. The summed E-state index contributed by atoms with van der Waals surface area (Å²) < 4.78 is 37.3. The number of fused-ring (bicyclic) bond motifs is 2. The fraction of sp³-hybridized carbons (Fsp3) is 0.129. The molecule has 0 saturated carbocycles. The number of pyridine rings is 1. The van der Waals surface area contributed by atoms with Gasteiger partial charge in [0, 0.05) is 48.4 Å². The van der Waals surface area contributed by atoms with Crippen molar-refractivity contribution < 1.29 is 17.9 Å². The molecular weight excluding hydrogens is 617 g/mol. The number of benzene rings is 2. The summed E-state index contributed by atoms with van der Waals surface area (Å²) in [5, 5.41) is 8.30. The summed E-state index contributed by atoms with van der Waals surface area (Å²) in [6, 6.07) is 18.4. The van der Waals surface area contributed by atoms with Gasteiger partial charge in [-0.2, -0.15) is 0 Å². The molecule has 224 valence electrons. The number of carbonyl (C=O) groups excluding carboxylic acids is 1. The molecule has 0 unspecified atom stereocenters. The van der Waals surface area contributed by atoms with Gasteiger partial charge in [-0.3, -0.25) is 9.52 Å². The van der Waals surface area contributed by atoms with Crippen LogP contribution in [0.5, 0.6) is 5.75 Å². The van der Waals surface area contributed by atoms with E-state index in [1.807, 2.05) is 73.6 Å². The number of nitrogens with one attached hydrogen (secondary N) is 2. The van der Waals surface area contributed by atoms with E-state index < -0.39 is 10.0 Å². The van der Waals surface area contributed by atoms with Gasteiger partial charge >= 0.3 is 0 Å². The lowest BCUT2D eigenvalue weighted by molar-refractivity contribution is 0.101. The first-order valence-electron chi connectivity index (χ1n) is 13.4. The number of methoxy groups -OCH3 is 1. The van der Waals surface area contributed by atoms with Crippen LogP contribution in [-0.4, -0.2) is 56.3 Å². The summed E-state index contributed by atoms with van der Waals surface area (Å²) in [7, 11) is 3.32. The van der Waals surface area contributed by atoms with Crippen molar-refractivity contribution in [3.63, 3.8) is 0 Å². The highest BCUT2D eigenvalue weighted by Crippen LogP contribution is 2.44. The van der Waals surface area contributed by atoms with Crippen LogP contribution in [0.1, 0.15) is 10.5 Å². The van der Waals surface area contributed by atoms with Crippen molar-refractivity contribution in [3.8, 4) is 16.9 Å². The molecule has 10 nitrogen and oxygen atoms in total. The van der Waals surface area contributed by atoms with Crippen molar-refractivity contribution in [2.45, 2.75) is 4.21 Å². The minimum atomic E-state index is -3.79. The van der Waals surface area contributed by atoms with E-state index in [0.717, 1.165) is 33.4 Å². The number of sulfonamides is 1. The van der Waals surface area contributed by atoms with Crippen LogP contribution in [0, 0.1) is 0 Å². The smallest absolute Gasteiger partial charge is 0.272 e. The van der Waals surface area contributed by atoms with Crippen molar-refractivity contribution in [2.24, 2.45) is 12.0 Å². The minimum Gasteiger partial charge on any atom is -0.495 e. The second-order valence-electron chi connectivity index (χ2n) is 10.1. The van der Waals surface area contributed by atoms with Crippen molar-refractivity contribution in [1.29, 1.82) is 0 Å². The standard InChI is InChI=1S/C31H28N6O4S3/c1-36(2)18-33-30-28-21(17-43-29(28)23(16-32-30)35-44(39,40)27-10-7-13-42-27)19-11-12-22(26(15-19)41-4)34-31(38)25-14-20-8-5-6-9-24(20)37(25)3/h5-18,35H,1-4H3,(H,34,38). The lowest BCUT2D eigenvalue weighted by Crippen LogP contribution is -2.16. The van der Waals surface area contributed by atoms with E-state index >= 15 is 0 Å². The summed E-state index contributed by atoms with van der Waals surface area (Å²) in [5.41, 5.74) is 3.94. The number of aryl methyl sites for hydroxylation is 1. The molecule has 0 radical (unpaired) electrons. The quantitative estimate of drug-likeness (QED) is 0.132.